The fraction of sp³-hybridized carbons (Fsp3) is 0.500. The van der Waals surface area contributed by atoms with E-state index in [1.807, 2.05) is 16.7 Å². The van der Waals surface area contributed by atoms with Gasteiger partial charge in [0.25, 0.3) is 0 Å². The molecule has 1 aliphatic heterocycles. The topological polar surface area (TPSA) is 40.8 Å². The second-order valence-corrected chi connectivity index (χ2v) is 4.94. The number of fused-ring (bicyclic) bond motifs is 1. The Morgan fingerprint density at radius 1 is 1.39 bits per heavy atom. The van der Waals surface area contributed by atoms with Gasteiger partial charge in [-0.25, -0.2) is 4.98 Å². The summed E-state index contributed by atoms with van der Waals surface area (Å²) in [6.45, 7) is 4.40. The van der Waals surface area contributed by atoms with Crippen molar-refractivity contribution in [2.75, 3.05) is 13.1 Å². The van der Waals surface area contributed by atoms with Gasteiger partial charge in [0, 0.05) is 0 Å². The zero-order valence-corrected chi connectivity index (χ0v) is 10.7. The summed E-state index contributed by atoms with van der Waals surface area (Å²) in [7, 11) is 0. The van der Waals surface area contributed by atoms with Crippen LogP contribution in [0.2, 0.25) is 0 Å². The lowest BCUT2D eigenvalue weighted by atomic mass is 10.0. The summed E-state index contributed by atoms with van der Waals surface area (Å²) >= 11 is 0. The molecule has 1 fully saturated rings. The Balaban J connectivity index is 2.04. The highest BCUT2D eigenvalue weighted by Gasteiger charge is 2.25. The molecular formula is C14H19N3O. The van der Waals surface area contributed by atoms with Crippen LogP contribution in [0.15, 0.2) is 24.5 Å². The largest absolute Gasteiger partial charge is 0.506 e. The number of pyridine rings is 1. The lowest BCUT2D eigenvalue weighted by Crippen LogP contribution is -2.34. The number of rotatable bonds is 2. The third kappa shape index (κ3) is 1.86. The van der Waals surface area contributed by atoms with Crippen molar-refractivity contribution < 1.29 is 5.11 Å². The molecule has 96 valence electrons. The van der Waals surface area contributed by atoms with E-state index in [1.54, 1.807) is 12.3 Å². The van der Waals surface area contributed by atoms with Crippen molar-refractivity contribution in [2.24, 2.45) is 0 Å². The third-order valence-corrected chi connectivity index (χ3v) is 3.86. The van der Waals surface area contributed by atoms with E-state index in [-0.39, 0.29) is 0 Å². The lowest BCUT2D eigenvalue weighted by Gasteiger charge is -2.33. The molecule has 2 aromatic heterocycles. The van der Waals surface area contributed by atoms with Gasteiger partial charge < -0.3 is 5.11 Å². The van der Waals surface area contributed by atoms with Crippen LogP contribution in [-0.2, 0) is 0 Å². The standard InChI is InChI=1S/C14H19N3O/c1-2-16-8-4-3-5-13(16)14-15-9-11-6-7-12(18)10-17(11)14/h6-7,9-10,13,18H,2-5,8H2,1H3. The number of hydrogen-bond donors (Lipinski definition) is 1. The predicted octanol–water partition coefficient (Wildman–Crippen LogP) is 2.59. The molecule has 2 aromatic rings. The zero-order valence-electron chi connectivity index (χ0n) is 10.7. The quantitative estimate of drug-likeness (QED) is 0.884. The highest BCUT2D eigenvalue weighted by molar-refractivity contribution is 5.48. The second kappa shape index (κ2) is 4.61. The maximum atomic E-state index is 9.63. The number of nitrogens with zero attached hydrogens (tertiary/aromatic N) is 3. The molecule has 1 unspecified atom stereocenters. The molecule has 0 amide bonds. The number of likely N-dealkylation sites (tertiary alicyclic amines) is 1. The van der Waals surface area contributed by atoms with Crippen molar-refractivity contribution in [1.82, 2.24) is 14.3 Å². The summed E-state index contributed by atoms with van der Waals surface area (Å²) in [5.74, 6) is 1.35. The molecule has 0 aliphatic carbocycles. The second-order valence-electron chi connectivity index (χ2n) is 4.94. The van der Waals surface area contributed by atoms with Gasteiger partial charge >= 0.3 is 0 Å². The van der Waals surface area contributed by atoms with Crippen molar-refractivity contribution in [3.05, 3.63) is 30.4 Å². The first-order chi connectivity index (χ1) is 8.79. The predicted molar refractivity (Wildman–Crippen MR) is 70.7 cm³/mol. The first-order valence-electron chi connectivity index (χ1n) is 6.69. The van der Waals surface area contributed by atoms with E-state index >= 15 is 0 Å². The molecular weight excluding hydrogens is 226 g/mol. The Kier molecular flexibility index (Phi) is 2.96. The maximum absolute atomic E-state index is 9.63. The van der Waals surface area contributed by atoms with Crippen LogP contribution in [0.5, 0.6) is 5.75 Å². The average Bonchev–Trinajstić information content (AvgIpc) is 2.81. The van der Waals surface area contributed by atoms with Crippen molar-refractivity contribution in [2.45, 2.75) is 32.2 Å². The van der Waals surface area contributed by atoms with Gasteiger partial charge in [-0.1, -0.05) is 13.3 Å². The van der Waals surface area contributed by atoms with E-state index in [1.165, 1.54) is 12.8 Å². The van der Waals surface area contributed by atoms with E-state index in [0.717, 1.165) is 30.9 Å². The normalized spacial score (nSPS) is 21.5. The van der Waals surface area contributed by atoms with Crippen LogP contribution in [-0.4, -0.2) is 32.5 Å². The number of hydrogen-bond acceptors (Lipinski definition) is 3. The van der Waals surface area contributed by atoms with Crippen molar-refractivity contribution in [3.8, 4) is 5.75 Å². The Morgan fingerprint density at radius 2 is 2.28 bits per heavy atom. The first kappa shape index (κ1) is 11.5. The van der Waals surface area contributed by atoms with Crippen LogP contribution in [0.3, 0.4) is 0 Å². The van der Waals surface area contributed by atoms with Crippen LogP contribution in [0.4, 0.5) is 0 Å². The van der Waals surface area contributed by atoms with Crippen LogP contribution in [0.1, 0.15) is 38.1 Å². The molecule has 4 heteroatoms. The fourth-order valence-electron chi connectivity index (χ4n) is 2.91. The van der Waals surface area contributed by atoms with E-state index in [9.17, 15) is 5.11 Å². The molecule has 1 aliphatic rings. The molecule has 0 spiro atoms. The van der Waals surface area contributed by atoms with Gasteiger partial charge in [-0.15, -0.1) is 0 Å². The van der Waals surface area contributed by atoms with Crippen LogP contribution >= 0.6 is 0 Å². The summed E-state index contributed by atoms with van der Waals surface area (Å²) in [6, 6.07) is 4.00. The fourth-order valence-corrected chi connectivity index (χ4v) is 2.91. The Bertz CT molecular complexity index is 549. The molecule has 0 saturated carbocycles. The summed E-state index contributed by atoms with van der Waals surface area (Å²) < 4.78 is 2.02. The summed E-state index contributed by atoms with van der Waals surface area (Å²) in [4.78, 5) is 7.04. The monoisotopic (exact) mass is 245 g/mol. The lowest BCUT2D eigenvalue weighted by molar-refractivity contribution is 0.149. The molecule has 18 heavy (non-hydrogen) atoms. The Hall–Kier alpha value is -1.55. The van der Waals surface area contributed by atoms with E-state index < -0.39 is 0 Å². The molecule has 0 radical (unpaired) electrons. The smallest absolute Gasteiger partial charge is 0.132 e. The zero-order chi connectivity index (χ0) is 12.5. The minimum atomic E-state index is 0.292. The highest BCUT2D eigenvalue weighted by atomic mass is 16.3. The van der Waals surface area contributed by atoms with Gasteiger partial charge in [0.05, 0.1) is 24.0 Å². The van der Waals surface area contributed by atoms with E-state index in [0.29, 0.717) is 11.8 Å². The van der Waals surface area contributed by atoms with Crippen molar-refractivity contribution >= 4 is 5.52 Å². The van der Waals surface area contributed by atoms with E-state index in [2.05, 4.69) is 16.8 Å². The number of aromatic nitrogens is 2. The summed E-state index contributed by atoms with van der Waals surface area (Å²) in [5.41, 5.74) is 1.05. The van der Waals surface area contributed by atoms with Crippen LogP contribution in [0, 0.1) is 0 Å². The van der Waals surface area contributed by atoms with E-state index in [4.69, 9.17) is 0 Å². The molecule has 0 aromatic carbocycles. The SMILES string of the molecule is CCN1CCCCC1c1ncc2ccc(O)cn12. The minimum Gasteiger partial charge on any atom is -0.506 e. The van der Waals surface area contributed by atoms with Gasteiger partial charge in [0.1, 0.15) is 11.6 Å². The first-order valence-corrected chi connectivity index (χ1v) is 6.69. The summed E-state index contributed by atoms with van der Waals surface area (Å²) in [5, 5.41) is 9.63. The Labute approximate surface area is 107 Å². The minimum absolute atomic E-state index is 0.292. The summed E-state index contributed by atoms with van der Waals surface area (Å²) in [6.07, 6.45) is 7.34. The maximum Gasteiger partial charge on any atom is 0.132 e. The molecule has 1 saturated heterocycles. The average molecular weight is 245 g/mol. The third-order valence-electron chi connectivity index (χ3n) is 3.86. The number of piperidine rings is 1. The van der Waals surface area contributed by atoms with Crippen molar-refractivity contribution in [1.29, 1.82) is 0 Å². The van der Waals surface area contributed by atoms with Gasteiger partial charge in [-0.3, -0.25) is 9.30 Å². The molecule has 1 atom stereocenters. The highest BCUT2D eigenvalue weighted by Crippen LogP contribution is 2.30. The molecule has 0 bridgehead atoms. The van der Waals surface area contributed by atoms with Crippen LogP contribution < -0.4 is 0 Å². The molecule has 1 N–H and O–H groups in total. The molecule has 3 rings (SSSR count). The van der Waals surface area contributed by atoms with Crippen molar-refractivity contribution in [3.63, 3.8) is 0 Å². The van der Waals surface area contributed by atoms with Crippen LogP contribution in [0.25, 0.3) is 5.52 Å². The number of imidazole rings is 1. The van der Waals surface area contributed by atoms with Gasteiger partial charge in [0.2, 0.25) is 0 Å². The molecule has 3 heterocycles. The number of aromatic hydroxyl groups is 1. The van der Waals surface area contributed by atoms with Gasteiger partial charge in [-0.05, 0) is 38.1 Å². The Morgan fingerprint density at radius 3 is 3.11 bits per heavy atom. The molecule has 4 nitrogen and oxygen atoms in total. The van der Waals surface area contributed by atoms with Gasteiger partial charge in [-0.2, -0.15) is 0 Å². The van der Waals surface area contributed by atoms with Gasteiger partial charge in [0.15, 0.2) is 0 Å².